The normalized spacial score (nSPS) is 19.9. The number of rotatable bonds is 3. The Kier molecular flexibility index (Phi) is 8.71. The van der Waals surface area contributed by atoms with Gasteiger partial charge in [-0.1, -0.05) is 19.0 Å². The van der Waals surface area contributed by atoms with Crippen LogP contribution in [0.15, 0.2) is 10.6 Å². The van der Waals surface area contributed by atoms with Crippen molar-refractivity contribution in [2.45, 2.75) is 58.9 Å². The highest BCUT2D eigenvalue weighted by Gasteiger charge is 2.33. The summed E-state index contributed by atoms with van der Waals surface area (Å²) >= 11 is 0. The lowest BCUT2D eigenvalue weighted by Gasteiger charge is -2.34. The lowest BCUT2D eigenvalue weighted by Crippen LogP contribution is -2.47. The first-order valence-electron chi connectivity index (χ1n) is 13.6. The minimum atomic E-state index is -0.333. The number of nitrogens with one attached hydrogen (secondary N) is 1. The van der Waals surface area contributed by atoms with E-state index in [4.69, 9.17) is 4.52 Å². The lowest BCUT2D eigenvalue weighted by molar-refractivity contribution is -0.141. The minimum absolute atomic E-state index is 0.00187. The SMILES string of the molecule is Cc1cc(C(=O)N2CCCC(=O)N(CC(C)C)CC(=O)N(C)C3CCc4c(c(nn4C)C(=O)NCC2)C3)no1. The van der Waals surface area contributed by atoms with Crippen LogP contribution >= 0.6 is 0 Å². The second kappa shape index (κ2) is 12.0. The van der Waals surface area contributed by atoms with Crippen LogP contribution in [0.5, 0.6) is 0 Å². The van der Waals surface area contributed by atoms with E-state index in [0.29, 0.717) is 37.3 Å². The fraction of sp³-hybridized carbons (Fsp3) is 0.630. The third kappa shape index (κ3) is 6.48. The van der Waals surface area contributed by atoms with Gasteiger partial charge in [0, 0.05) is 70.1 Å². The molecule has 3 heterocycles. The molecule has 0 saturated carbocycles. The molecule has 0 radical (unpaired) electrons. The topological polar surface area (TPSA) is 134 Å². The van der Waals surface area contributed by atoms with Gasteiger partial charge in [-0.05, 0) is 38.5 Å². The van der Waals surface area contributed by atoms with E-state index in [2.05, 4.69) is 15.6 Å². The molecule has 0 fully saturated rings. The number of carbonyl (C=O) groups excluding carboxylic acids is 4. The average Bonchev–Trinajstić information content (AvgIpc) is 3.48. The summed E-state index contributed by atoms with van der Waals surface area (Å²) in [5.74, 6) is -0.177. The van der Waals surface area contributed by atoms with Crippen molar-refractivity contribution < 1.29 is 23.7 Å². The van der Waals surface area contributed by atoms with Crippen LogP contribution in [-0.2, 0) is 29.5 Å². The van der Waals surface area contributed by atoms with Gasteiger partial charge in [0.25, 0.3) is 11.8 Å². The van der Waals surface area contributed by atoms with Crippen molar-refractivity contribution >= 4 is 23.6 Å². The van der Waals surface area contributed by atoms with E-state index in [9.17, 15) is 19.2 Å². The first kappa shape index (κ1) is 28.3. The standard InChI is InChI=1S/C27H39N7O5/c1-17(2)15-34-16-24(36)31(4)19-8-9-22-20(14-19)25(29-32(22)5)26(37)28-10-12-33(11-6-7-23(34)35)27(38)21-13-18(3)39-30-21/h13,17,19H,6-12,14-16H2,1-5H3,(H,28,37). The Balaban J connectivity index is 1.61. The van der Waals surface area contributed by atoms with Crippen LogP contribution in [0.1, 0.15) is 71.1 Å². The molecular formula is C27H39N7O5. The lowest BCUT2D eigenvalue weighted by atomic mass is 9.90. The van der Waals surface area contributed by atoms with Gasteiger partial charge >= 0.3 is 0 Å². The fourth-order valence-electron chi connectivity index (χ4n) is 5.37. The highest BCUT2D eigenvalue weighted by Crippen LogP contribution is 2.27. The predicted molar refractivity (Wildman–Crippen MR) is 142 cm³/mol. The van der Waals surface area contributed by atoms with E-state index in [1.807, 2.05) is 20.9 Å². The van der Waals surface area contributed by atoms with Crippen molar-refractivity contribution in [3.63, 3.8) is 0 Å². The van der Waals surface area contributed by atoms with Crippen molar-refractivity contribution in [3.8, 4) is 0 Å². The molecule has 1 aliphatic heterocycles. The van der Waals surface area contributed by atoms with Crippen LogP contribution in [0.4, 0.5) is 0 Å². The Hall–Kier alpha value is -3.70. The molecule has 2 aromatic heterocycles. The Bertz CT molecular complexity index is 1230. The molecule has 2 aromatic rings. The van der Waals surface area contributed by atoms with Gasteiger partial charge < -0.3 is 24.5 Å². The summed E-state index contributed by atoms with van der Waals surface area (Å²) in [6.45, 7) is 6.94. The molecule has 0 aromatic carbocycles. The van der Waals surface area contributed by atoms with Gasteiger partial charge in [0.2, 0.25) is 11.8 Å². The number of amides is 4. The first-order chi connectivity index (χ1) is 18.5. The second-order valence-electron chi connectivity index (χ2n) is 10.9. The molecule has 1 aliphatic carbocycles. The summed E-state index contributed by atoms with van der Waals surface area (Å²) < 4.78 is 6.82. The van der Waals surface area contributed by atoms with Gasteiger partial charge in [0.05, 0.1) is 6.54 Å². The van der Waals surface area contributed by atoms with Crippen LogP contribution < -0.4 is 5.32 Å². The van der Waals surface area contributed by atoms with E-state index >= 15 is 0 Å². The molecule has 2 bridgehead atoms. The van der Waals surface area contributed by atoms with Gasteiger partial charge in [-0.3, -0.25) is 23.9 Å². The van der Waals surface area contributed by atoms with Crippen molar-refractivity contribution in [2.24, 2.45) is 13.0 Å². The summed E-state index contributed by atoms with van der Waals surface area (Å²) in [7, 11) is 3.60. The Morgan fingerprint density at radius 2 is 1.92 bits per heavy atom. The first-order valence-corrected chi connectivity index (χ1v) is 13.6. The molecule has 12 nitrogen and oxygen atoms in total. The predicted octanol–water partition coefficient (Wildman–Crippen LogP) is 1.18. The molecule has 1 atom stereocenters. The highest BCUT2D eigenvalue weighted by molar-refractivity contribution is 5.94. The quantitative estimate of drug-likeness (QED) is 0.617. The zero-order valence-corrected chi connectivity index (χ0v) is 23.5. The second-order valence-corrected chi connectivity index (χ2v) is 10.9. The van der Waals surface area contributed by atoms with Crippen molar-refractivity contribution in [1.82, 2.24) is 35.0 Å². The van der Waals surface area contributed by atoms with Gasteiger partial charge in [0.1, 0.15) is 5.76 Å². The smallest absolute Gasteiger partial charge is 0.276 e. The van der Waals surface area contributed by atoms with E-state index in [0.717, 1.165) is 17.7 Å². The van der Waals surface area contributed by atoms with E-state index < -0.39 is 0 Å². The molecule has 4 rings (SSSR count). The van der Waals surface area contributed by atoms with E-state index in [-0.39, 0.29) is 73.9 Å². The highest BCUT2D eigenvalue weighted by atomic mass is 16.5. The maximum Gasteiger partial charge on any atom is 0.276 e. The van der Waals surface area contributed by atoms with Crippen LogP contribution in [0.3, 0.4) is 0 Å². The summed E-state index contributed by atoms with van der Waals surface area (Å²) in [5, 5.41) is 11.2. The number of fused-ring (bicyclic) bond motifs is 1. The minimum Gasteiger partial charge on any atom is -0.361 e. The molecule has 12 heteroatoms. The van der Waals surface area contributed by atoms with Crippen molar-refractivity contribution in [1.29, 1.82) is 0 Å². The van der Waals surface area contributed by atoms with Gasteiger partial charge in [0.15, 0.2) is 11.4 Å². The maximum atomic E-state index is 13.3. The van der Waals surface area contributed by atoms with Crippen LogP contribution in [0, 0.1) is 12.8 Å². The number of hydrogen-bond acceptors (Lipinski definition) is 7. The van der Waals surface area contributed by atoms with Crippen LogP contribution in [0.25, 0.3) is 0 Å². The average molecular weight is 542 g/mol. The molecule has 39 heavy (non-hydrogen) atoms. The molecular weight excluding hydrogens is 502 g/mol. The maximum absolute atomic E-state index is 13.3. The fourth-order valence-corrected chi connectivity index (χ4v) is 5.37. The largest absolute Gasteiger partial charge is 0.361 e. The summed E-state index contributed by atoms with van der Waals surface area (Å²) in [6, 6.07) is 1.48. The third-order valence-corrected chi connectivity index (χ3v) is 7.47. The summed E-state index contributed by atoms with van der Waals surface area (Å²) in [6.07, 6.45) is 2.57. The van der Waals surface area contributed by atoms with Crippen molar-refractivity contribution in [2.75, 3.05) is 39.8 Å². The summed E-state index contributed by atoms with van der Waals surface area (Å²) in [5.41, 5.74) is 2.36. The number of hydrogen-bond donors (Lipinski definition) is 1. The Morgan fingerprint density at radius 1 is 1.15 bits per heavy atom. The van der Waals surface area contributed by atoms with Crippen LogP contribution in [-0.4, -0.2) is 99.1 Å². The number of likely N-dealkylation sites (N-methyl/N-ethyl adjacent to an activating group) is 1. The third-order valence-electron chi connectivity index (χ3n) is 7.47. The van der Waals surface area contributed by atoms with E-state index in [1.165, 1.54) is 0 Å². The number of carbonyl (C=O) groups is 4. The monoisotopic (exact) mass is 541 g/mol. The Labute approximate surface area is 228 Å². The molecule has 4 amide bonds. The molecule has 2 aliphatic rings. The van der Waals surface area contributed by atoms with Gasteiger partial charge in [-0.2, -0.15) is 5.10 Å². The van der Waals surface area contributed by atoms with Crippen molar-refractivity contribution in [3.05, 3.63) is 34.5 Å². The molecule has 0 saturated heterocycles. The molecule has 1 unspecified atom stereocenters. The zero-order chi connectivity index (χ0) is 28.3. The number of aryl methyl sites for hydroxylation is 2. The number of aromatic nitrogens is 3. The molecule has 1 N–H and O–H groups in total. The summed E-state index contributed by atoms with van der Waals surface area (Å²) in [4.78, 5) is 57.8. The molecule has 212 valence electrons. The zero-order valence-electron chi connectivity index (χ0n) is 23.5. The van der Waals surface area contributed by atoms with E-state index in [1.54, 1.807) is 39.4 Å². The van der Waals surface area contributed by atoms with Crippen LogP contribution in [0.2, 0.25) is 0 Å². The van der Waals surface area contributed by atoms with Gasteiger partial charge in [-0.15, -0.1) is 0 Å². The van der Waals surface area contributed by atoms with Gasteiger partial charge in [-0.25, -0.2) is 0 Å². The Morgan fingerprint density at radius 3 is 2.62 bits per heavy atom. The number of nitrogens with zero attached hydrogens (tertiary/aromatic N) is 6. The molecule has 0 spiro atoms.